The van der Waals surface area contributed by atoms with E-state index in [1.54, 1.807) is 14.2 Å². The molecule has 2 unspecified atom stereocenters. The van der Waals surface area contributed by atoms with Crippen molar-refractivity contribution in [3.63, 3.8) is 0 Å². The van der Waals surface area contributed by atoms with E-state index in [-0.39, 0.29) is 17.7 Å². The van der Waals surface area contributed by atoms with Gasteiger partial charge in [-0.25, -0.2) is 0 Å². The minimum absolute atomic E-state index is 0.151. The fourth-order valence-corrected chi connectivity index (χ4v) is 6.30. The number of carbonyl (C=O) groups is 1. The maximum atomic E-state index is 12.9. The van der Waals surface area contributed by atoms with Gasteiger partial charge in [0.05, 0.1) is 12.5 Å². The molecule has 1 saturated heterocycles. The lowest BCUT2D eigenvalue weighted by atomic mass is 9.46. The highest BCUT2D eigenvalue weighted by atomic mass is 16.5. The van der Waals surface area contributed by atoms with Gasteiger partial charge in [0.25, 0.3) is 0 Å². The highest BCUT2D eigenvalue weighted by Gasteiger charge is 2.74. The lowest BCUT2D eigenvalue weighted by molar-refractivity contribution is -0.198. The van der Waals surface area contributed by atoms with Crippen molar-refractivity contribution < 1.29 is 19.0 Å². The molecule has 2 bridgehead atoms. The van der Waals surface area contributed by atoms with Crippen LogP contribution in [0.3, 0.4) is 0 Å². The van der Waals surface area contributed by atoms with Crippen molar-refractivity contribution in [1.29, 1.82) is 0 Å². The Morgan fingerprint density at radius 2 is 2.12 bits per heavy atom. The van der Waals surface area contributed by atoms with E-state index < -0.39 is 17.1 Å². The van der Waals surface area contributed by atoms with Crippen molar-refractivity contribution in [3.8, 4) is 11.5 Å². The number of ketones is 1. The zero-order chi connectivity index (χ0) is 16.7. The SMILES string of the molecule is COc1ccc2c3c1OC1C(=O)CC(C)[C@@]4(OC)[C@@H](C2)NCC[C@]314. The average molecular weight is 329 g/mol. The Bertz CT molecular complexity index is 747. The monoisotopic (exact) mass is 329 g/mol. The molecule has 128 valence electrons. The Morgan fingerprint density at radius 3 is 2.88 bits per heavy atom. The summed E-state index contributed by atoms with van der Waals surface area (Å²) in [5.41, 5.74) is 1.63. The van der Waals surface area contributed by atoms with Gasteiger partial charge in [-0.3, -0.25) is 4.79 Å². The third-order valence-electron chi connectivity index (χ3n) is 6.98. The average Bonchev–Trinajstić information content (AvgIpc) is 2.91. The van der Waals surface area contributed by atoms with E-state index in [9.17, 15) is 4.79 Å². The number of carbonyl (C=O) groups excluding carboxylic acids is 1. The summed E-state index contributed by atoms with van der Waals surface area (Å²) in [6, 6.07) is 4.30. The van der Waals surface area contributed by atoms with Gasteiger partial charge in [0.1, 0.15) is 5.60 Å². The summed E-state index contributed by atoms with van der Waals surface area (Å²) in [5, 5.41) is 3.67. The quantitative estimate of drug-likeness (QED) is 0.893. The zero-order valence-corrected chi connectivity index (χ0v) is 14.3. The first-order chi connectivity index (χ1) is 11.6. The first-order valence-electron chi connectivity index (χ1n) is 8.78. The number of hydrogen-bond acceptors (Lipinski definition) is 5. The standard InChI is InChI=1S/C19H23NO4/c1-10-8-12(21)17-18-6-7-20-14(19(10,18)23-3)9-11-4-5-13(22-2)16(24-17)15(11)18/h4-5,10,14,17,20H,6-9H2,1-3H3/t10?,14-,17?,18+,19-/m1/s1. The van der Waals surface area contributed by atoms with E-state index in [1.165, 1.54) is 11.1 Å². The Hall–Kier alpha value is -1.59. The lowest BCUT2D eigenvalue weighted by Crippen LogP contribution is -2.79. The summed E-state index contributed by atoms with van der Waals surface area (Å²) >= 11 is 0. The van der Waals surface area contributed by atoms with Crippen LogP contribution in [0, 0.1) is 5.92 Å². The molecule has 4 aliphatic rings. The fraction of sp³-hybridized carbons (Fsp3) is 0.632. The van der Waals surface area contributed by atoms with Crippen molar-refractivity contribution in [3.05, 3.63) is 23.3 Å². The molecule has 0 radical (unpaired) electrons. The van der Waals surface area contributed by atoms with Gasteiger partial charge in [0.15, 0.2) is 23.4 Å². The number of benzene rings is 1. The second-order valence-electron chi connectivity index (χ2n) is 7.63. The van der Waals surface area contributed by atoms with Crippen LogP contribution in [0.25, 0.3) is 0 Å². The van der Waals surface area contributed by atoms with E-state index in [0.717, 1.165) is 30.9 Å². The van der Waals surface area contributed by atoms with Crippen molar-refractivity contribution >= 4 is 5.78 Å². The van der Waals surface area contributed by atoms with E-state index in [1.807, 2.05) is 6.07 Å². The molecular weight excluding hydrogens is 306 g/mol. The maximum Gasteiger partial charge on any atom is 0.174 e. The zero-order valence-electron chi connectivity index (χ0n) is 14.3. The summed E-state index contributed by atoms with van der Waals surface area (Å²) < 4.78 is 18.2. The molecule has 1 saturated carbocycles. The number of ether oxygens (including phenoxy) is 3. The van der Waals surface area contributed by atoms with Gasteiger partial charge >= 0.3 is 0 Å². The van der Waals surface area contributed by atoms with Crippen LogP contribution in [-0.4, -0.2) is 44.3 Å². The number of Topliss-reactive ketones (excluding diaryl/α,β-unsaturated/α-hetero) is 1. The molecule has 5 nitrogen and oxygen atoms in total. The molecule has 1 spiro atoms. The molecule has 1 N–H and O–H groups in total. The summed E-state index contributed by atoms with van der Waals surface area (Å²) in [6.07, 6.45) is 1.80. The maximum absolute atomic E-state index is 12.9. The predicted molar refractivity (Wildman–Crippen MR) is 87.7 cm³/mol. The summed E-state index contributed by atoms with van der Waals surface area (Å²) in [6.45, 7) is 3.04. The number of piperidine rings is 1. The van der Waals surface area contributed by atoms with Gasteiger partial charge in [-0.15, -0.1) is 0 Å². The molecule has 5 heteroatoms. The van der Waals surface area contributed by atoms with Gasteiger partial charge in [0.2, 0.25) is 0 Å². The molecule has 2 aliphatic carbocycles. The van der Waals surface area contributed by atoms with Crippen molar-refractivity contribution in [2.45, 2.75) is 49.3 Å². The van der Waals surface area contributed by atoms with Crippen LogP contribution in [0.5, 0.6) is 11.5 Å². The van der Waals surface area contributed by atoms with Crippen molar-refractivity contribution in [2.75, 3.05) is 20.8 Å². The molecule has 5 atom stereocenters. The predicted octanol–water partition coefficient (Wildman–Crippen LogP) is 1.61. The van der Waals surface area contributed by atoms with E-state index in [2.05, 4.69) is 18.3 Å². The molecule has 2 aliphatic heterocycles. The third-order valence-corrected chi connectivity index (χ3v) is 6.98. The molecule has 1 aromatic rings. The van der Waals surface area contributed by atoms with E-state index in [4.69, 9.17) is 14.2 Å². The molecular formula is C19H23NO4. The summed E-state index contributed by atoms with van der Waals surface area (Å²) in [4.78, 5) is 12.9. The van der Waals surface area contributed by atoms with Crippen LogP contribution in [-0.2, 0) is 21.4 Å². The van der Waals surface area contributed by atoms with Crippen molar-refractivity contribution in [1.82, 2.24) is 5.32 Å². The minimum Gasteiger partial charge on any atom is -0.493 e. The van der Waals surface area contributed by atoms with Crippen LogP contribution in [0.15, 0.2) is 12.1 Å². The smallest absolute Gasteiger partial charge is 0.174 e. The topological polar surface area (TPSA) is 56.8 Å². The van der Waals surface area contributed by atoms with Gasteiger partial charge in [-0.05, 0) is 36.9 Å². The lowest BCUT2D eigenvalue weighted by Gasteiger charge is -2.63. The minimum atomic E-state index is -0.455. The largest absolute Gasteiger partial charge is 0.493 e. The van der Waals surface area contributed by atoms with Crippen LogP contribution < -0.4 is 14.8 Å². The fourth-order valence-electron chi connectivity index (χ4n) is 6.30. The van der Waals surface area contributed by atoms with Gasteiger partial charge in [-0.2, -0.15) is 0 Å². The number of nitrogens with one attached hydrogen (secondary N) is 1. The third kappa shape index (κ3) is 1.32. The number of hydrogen-bond donors (Lipinski definition) is 1. The molecule has 0 aromatic heterocycles. The highest BCUT2D eigenvalue weighted by Crippen LogP contribution is 2.65. The first-order valence-corrected chi connectivity index (χ1v) is 8.78. The molecule has 24 heavy (non-hydrogen) atoms. The summed E-state index contributed by atoms with van der Waals surface area (Å²) in [7, 11) is 3.46. The Kier molecular flexibility index (Phi) is 2.78. The molecule has 2 heterocycles. The van der Waals surface area contributed by atoms with Gasteiger partial charge < -0.3 is 19.5 Å². The summed E-state index contributed by atoms with van der Waals surface area (Å²) in [5.74, 6) is 1.84. The Morgan fingerprint density at radius 1 is 1.29 bits per heavy atom. The Labute approximate surface area is 141 Å². The normalized spacial score (nSPS) is 41.6. The van der Waals surface area contributed by atoms with E-state index in [0.29, 0.717) is 6.42 Å². The van der Waals surface area contributed by atoms with Crippen LogP contribution >= 0.6 is 0 Å². The molecule has 1 aromatic carbocycles. The van der Waals surface area contributed by atoms with Gasteiger partial charge in [-0.1, -0.05) is 13.0 Å². The molecule has 0 amide bonds. The van der Waals surface area contributed by atoms with Crippen LogP contribution in [0.2, 0.25) is 0 Å². The molecule has 5 rings (SSSR count). The second kappa shape index (κ2) is 4.52. The van der Waals surface area contributed by atoms with Crippen molar-refractivity contribution in [2.24, 2.45) is 5.92 Å². The van der Waals surface area contributed by atoms with E-state index >= 15 is 0 Å². The number of rotatable bonds is 2. The van der Waals surface area contributed by atoms with Gasteiger partial charge in [0, 0.05) is 25.1 Å². The first kappa shape index (κ1) is 14.7. The number of methoxy groups -OCH3 is 2. The van der Waals surface area contributed by atoms with Crippen LogP contribution in [0.4, 0.5) is 0 Å². The van der Waals surface area contributed by atoms with Crippen LogP contribution in [0.1, 0.15) is 30.9 Å². The second-order valence-corrected chi connectivity index (χ2v) is 7.63. The molecule has 2 fully saturated rings. The highest BCUT2D eigenvalue weighted by molar-refractivity contribution is 5.90. The Balaban J connectivity index is 1.88.